The molecule has 96 valence electrons. The zero-order valence-corrected chi connectivity index (χ0v) is 10.3. The van der Waals surface area contributed by atoms with Gasteiger partial charge in [-0.15, -0.1) is 0 Å². The molecular weight excluding hydrogens is 220 g/mol. The summed E-state index contributed by atoms with van der Waals surface area (Å²) in [7, 11) is 0. The highest BCUT2D eigenvalue weighted by atomic mass is 16.2. The van der Waals surface area contributed by atoms with Crippen molar-refractivity contribution in [3.8, 4) is 0 Å². The van der Waals surface area contributed by atoms with Gasteiger partial charge in [0.15, 0.2) is 0 Å². The predicted octanol–water partition coefficient (Wildman–Crippen LogP) is 0.878. The molecule has 1 fully saturated rings. The Kier molecular flexibility index (Phi) is 5.66. The fourth-order valence-corrected chi connectivity index (χ4v) is 1.81. The zero-order chi connectivity index (χ0) is 12.7. The van der Waals surface area contributed by atoms with Crippen LogP contribution in [0.1, 0.15) is 51.9 Å². The standard InChI is InChI=1S/C12H20N2O3/c1-2-3-4-5-6-10(15)13-9-7-8-11(16)14-12(9)17/h9H,2-8H2,1H3,(H,13,15)(H,14,16,17)/t9-/m0/s1. The van der Waals surface area contributed by atoms with Gasteiger partial charge in [-0.2, -0.15) is 0 Å². The predicted molar refractivity (Wildman–Crippen MR) is 63.1 cm³/mol. The first-order valence-electron chi connectivity index (χ1n) is 6.26. The van der Waals surface area contributed by atoms with Crippen LogP contribution in [0.3, 0.4) is 0 Å². The first kappa shape index (κ1) is 13.7. The Morgan fingerprint density at radius 3 is 2.76 bits per heavy atom. The topological polar surface area (TPSA) is 75.3 Å². The molecule has 0 aromatic heterocycles. The number of unbranched alkanes of at least 4 members (excludes halogenated alkanes) is 3. The zero-order valence-electron chi connectivity index (χ0n) is 10.3. The molecule has 0 aromatic carbocycles. The van der Waals surface area contributed by atoms with Crippen molar-refractivity contribution in [2.45, 2.75) is 57.9 Å². The summed E-state index contributed by atoms with van der Waals surface area (Å²) in [6.07, 6.45) is 5.32. The molecule has 0 bridgehead atoms. The Morgan fingerprint density at radius 2 is 2.12 bits per heavy atom. The maximum absolute atomic E-state index is 11.5. The van der Waals surface area contributed by atoms with Crippen LogP contribution in [0.2, 0.25) is 0 Å². The van der Waals surface area contributed by atoms with E-state index in [2.05, 4.69) is 17.6 Å². The summed E-state index contributed by atoms with van der Waals surface area (Å²) in [6.45, 7) is 2.11. The highest BCUT2D eigenvalue weighted by Gasteiger charge is 2.27. The minimum absolute atomic E-state index is 0.101. The van der Waals surface area contributed by atoms with E-state index in [1.54, 1.807) is 0 Å². The van der Waals surface area contributed by atoms with E-state index in [-0.39, 0.29) is 17.7 Å². The van der Waals surface area contributed by atoms with Gasteiger partial charge in [-0.05, 0) is 12.8 Å². The van der Waals surface area contributed by atoms with Gasteiger partial charge in [0.25, 0.3) is 0 Å². The number of hydrogen-bond donors (Lipinski definition) is 2. The van der Waals surface area contributed by atoms with Gasteiger partial charge in [0.2, 0.25) is 17.7 Å². The van der Waals surface area contributed by atoms with Crippen molar-refractivity contribution in [1.82, 2.24) is 10.6 Å². The Hall–Kier alpha value is -1.39. The van der Waals surface area contributed by atoms with Crippen LogP contribution in [0.4, 0.5) is 0 Å². The molecule has 0 aliphatic carbocycles. The second-order valence-electron chi connectivity index (χ2n) is 4.38. The smallest absolute Gasteiger partial charge is 0.249 e. The van der Waals surface area contributed by atoms with Crippen molar-refractivity contribution in [3.63, 3.8) is 0 Å². The van der Waals surface area contributed by atoms with E-state index in [0.717, 1.165) is 25.7 Å². The lowest BCUT2D eigenvalue weighted by Crippen LogP contribution is -2.52. The largest absolute Gasteiger partial charge is 0.344 e. The number of amides is 3. The third-order valence-electron chi connectivity index (χ3n) is 2.83. The molecule has 1 rings (SSSR count). The summed E-state index contributed by atoms with van der Waals surface area (Å²) < 4.78 is 0. The van der Waals surface area contributed by atoms with Gasteiger partial charge in [0.1, 0.15) is 6.04 Å². The third kappa shape index (κ3) is 4.97. The van der Waals surface area contributed by atoms with Crippen LogP contribution in [-0.4, -0.2) is 23.8 Å². The van der Waals surface area contributed by atoms with Crippen molar-refractivity contribution in [1.29, 1.82) is 0 Å². The average Bonchev–Trinajstić information content (AvgIpc) is 2.28. The lowest BCUT2D eigenvalue weighted by atomic mass is 10.1. The normalized spacial score (nSPS) is 19.9. The lowest BCUT2D eigenvalue weighted by molar-refractivity contribution is -0.137. The number of piperidine rings is 1. The molecule has 0 aromatic rings. The molecule has 1 heterocycles. The molecule has 2 N–H and O–H groups in total. The molecule has 17 heavy (non-hydrogen) atoms. The molecule has 0 spiro atoms. The molecule has 1 saturated heterocycles. The van der Waals surface area contributed by atoms with E-state index in [1.165, 1.54) is 0 Å². The first-order chi connectivity index (χ1) is 8.13. The van der Waals surface area contributed by atoms with Crippen LogP contribution in [0.15, 0.2) is 0 Å². The molecule has 0 unspecified atom stereocenters. The molecule has 0 radical (unpaired) electrons. The summed E-state index contributed by atoms with van der Waals surface area (Å²) in [5.41, 5.74) is 0. The fraction of sp³-hybridized carbons (Fsp3) is 0.750. The molecular formula is C12H20N2O3. The highest BCUT2D eigenvalue weighted by Crippen LogP contribution is 2.06. The number of rotatable bonds is 6. The average molecular weight is 240 g/mol. The van der Waals surface area contributed by atoms with Gasteiger partial charge < -0.3 is 5.32 Å². The SMILES string of the molecule is CCCCCCC(=O)N[C@H]1CCC(=O)NC1=O. The van der Waals surface area contributed by atoms with Gasteiger partial charge in [-0.3, -0.25) is 19.7 Å². The summed E-state index contributed by atoms with van der Waals surface area (Å²) in [4.78, 5) is 33.8. The van der Waals surface area contributed by atoms with Gasteiger partial charge in [0, 0.05) is 12.8 Å². The van der Waals surface area contributed by atoms with Crippen LogP contribution in [0, 0.1) is 0 Å². The maximum atomic E-state index is 11.5. The van der Waals surface area contributed by atoms with Crippen LogP contribution in [0.25, 0.3) is 0 Å². The molecule has 1 aliphatic rings. The van der Waals surface area contributed by atoms with E-state index in [9.17, 15) is 14.4 Å². The minimum atomic E-state index is -0.536. The summed E-state index contributed by atoms with van der Waals surface area (Å²) >= 11 is 0. The summed E-state index contributed by atoms with van der Waals surface area (Å²) in [5.74, 6) is -0.748. The lowest BCUT2D eigenvalue weighted by Gasteiger charge is -2.21. The number of nitrogens with one attached hydrogen (secondary N) is 2. The number of carbonyl (C=O) groups is 3. The van der Waals surface area contributed by atoms with Gasteiger partial charge in [0.05, 0.1) is 0 Å². The molecule has 5 heteroatoms. The highest BCUT2D eigenvalue weighted by molar-refractivity contribution is 6.01. The van der Waals surface area contributed by atoms with Crippen molar-refractivity contribution >= 4 is 17.7 Å². The van der Waals surface area contributed by atoms with Gasteiger partial charge in [-0.1, -0.05) is 26.2 Å². The maximum Gasteiger partial charge on any atom is 0.249 e. The Bertz CT molecular complexity index is 302. The Morgan fingerprint density at radius 1 is 1.35 bits per heavy atom. The van der Waals surface area contributed by atoms with Crippen LogP contribution in [0.5, 0.6) is 0 Å². The molecule has 5 nitrogen and oxygen atoms in total. The number of imide groups is 1. The summed E-state index contributed by atoms with van der Waals surface area (Å²) in [5, 5.41) is 4.88. The molecule has 0 saturated carbocycles. The van der Waals surface area contributed by atoms with E-state index >= 15 is 0 Å². The van der Waals surface area contributed by atoms with Crippen LogP contribution in [-0.2, 0) is 14.4 Å². The third-order valence-corrected chi connectivity index (χ3v) is 2.83. The Labute approximate surface area is 101 Å². The van der Waals surface area contributed by atoms with E-state index in [0.29, 0.717) is 19.3 Å². The molecule has 1 aliphatic heterocycles. The number of carbonyl (C=O) groups excluding carboxylic acids is 3. The van der Waals surface area contributed by atoms with Crippen molar-refractivity contribution in [2.75, 3.05) is 0 Å². The monoisotopic (exact) mass is 240 g/mol. The van der Waals surface area contributed by atoms with E-state index < -0.39 is 6.04 Å². The van der Waals surface area contributed by atoms with Crippen LogP contribution < -0.4 is 10.6 Å². The van der Waals surface area contributed by atoms with Crippen molar-refractivity contribution in [3.05, 3.63) is 0 Å². The second-order valence-corrected chi connectivity index (χ2v) is 4.38. The van der Waals surface area contributed by atoms with Crippen LogP contribution >= 0.6 is 0 Å². The Balaban J connectivity index is 2.21. The van der Waals surface area contributed by atoms with Crippen molar-refractivity contribution < 1.29 is 14.4 Å². The van der Waals surface area contributed by atoms with Gasteiger partial charge in [-0.25, -0.2) is 0 Å². The molecule has 3 amide bonds. The van der Waals surface area contributed by atoms with Crippen molar-refractivity contribution in [2.24, 2.45) is 0 Å². The first-order valence-corrected chi connectivity index (χ1v) is 6.26. The van der Waals surface area contributed by atoms with E-state index in [1.807, 2.05) is 0 Å². The van der Waals surface area contributed by atoms with Gasteiger partial charge >= 0.3 is 0 Å². The fourth-order valence-electron chi connectivity index (χ4n) is 1.81. The summed E-state index contributed by atoms with van der Waals surface area (Å²) in [6, 6.07) is -0.536. The quantitative estimate of drug-likeness (QED) is 0.534. The van der Waals surface area contributed by atoms with E-state index in [4.69, 9.17) is 0 Å². The minimum Gasteiger partial charge on any atom is -0.344 e. The number of hydrogen-bond acceptors (Lipinski definition) is 3. The molecule has 1 atom stereocenters. The second kappa shape index (κ2) is 7.04.